The van der Waals surface area contributed by atoms with E-state index in [-0.39, 0.29) is 34.4 Å². The fourth-order valence-electron chi connectivity index (χ4n) is 4.95. The number of aromatic nitrogens is 2. The first-order valence-electron chi connectivity index (χ1n) is 10.9. The summed E-state index contributed by atoms with van der Waals surface area (Å²) >= 11 is 0. The summed E-state index contributed by atoms with van der Waals surface area (Å²) in [4.78, 5) is 17.0. The largest absolute Gasteiger partial charge is 0.487 e. The van der Waals surface area contributed by atoms with Crippen LogP contribution >= 0.6 is 0 Å². The lowest BCUT2D eigenvalue weighted by Crippen LogP contribution is -2.29. The molecule has 1 aliphatic heterocycles. The number of nitriles is 1. The highest BCUT2D eigenvalue weighted by Crippen LogP contribution is 2.44. The molecule has 1 atom stereocenters. The van der Waals surface area contributed by atoms with Gasteiger partial charge in [0.25, 0.3) is 0 Å². The van der Waals surface area contributed by atoms with Gasteiger partial charge in [-0.25, -0.2) is 4.39 Å². The molecule has 3 aromatic rings. The van der Waals surface area contributed by atoms with Gasteiger partial charge in [0.15, 0.2) is 11.6 Å². The molecule has 32 heavy (non-hydrogen) atoms. The van der Waals surface area contributed by atoms with E-state index in [1.165, 1.54) is 11.8 Å². The summed E-state index contributed by atoms with van der Waals surface area (Å²) in [7, 11) is 0. The van der Waals surface area contributed by atoms with Crippen molar-refractivity contribution in [2.75, 3.05) is 17.7 Å². The van der Waals surface area contributed by atoms with Gasteiger partial charge in [-0.1, -0.05) is 6.07 Å². The van der Waals surface area contributed by atoms with Crippen LogP contribution in [0.1, 0.15) is 55.7 Å². The fraction of sp³-hybridized carbons (Fsp3) is 0.375. The van der Waals surface area contributed by atoms with Crippen molar-refractivity contribution < 1.29 is 9.13 Å². The first-order valence-corrected chi connectivity index (χ1v) is 10.9. The van der Waals surface area contributed by atoms with Gasteiger partial charge < -0.3 is 20.4 Å². The number of halogens is 1. The molecule has 164 valence electrons. The molecule has 8 heteroatoms. The molecule has 3 heterocycles. The van der Waals surface area contributed by atoms with Crippen molar-refractivity contribution in [3.05, 3.63) is 57.9 Å². The highest BCUT2D eigenvalue weighted by atomic mass is 19.1. The molecule has 2 aromatic heterocycles. The molecule has 1 aromatic carbocycles. The topological polar surface area (TPSA) is 106 Å². The second-order valence-electron chi connectivity index (χ2n) is 8.69. The number of nitrogens with one attached hydrogen (secondary N) is 1. The minimum atomic E-state index is -0.699. The Morgan fingerprint density at radius 1 is 1.34 bits per heavy atom. The number of nitrogen functional groups attached to an aromatic ring is 1. The van der Waals surface area contributed by atoms with Crippen molar-refractivity contribution in [2.45, 2.75) is 50.6 Å². The average Bonchev–Trinajstić information content (AvgIpc) is 2.82. The molecule has 1 saturated carbocycles. The molecule has 0 radical (unpaired) electrons. The zero-order valence-corrected chi connectivity index (χ0v) is 17.8. The Morgan fingerprint density at radius 3 is 2.81 bits per heavy atom. The molecular weight excluding hydrogens is 409 g/mol. The monoisotopic (exact) mass is 433 g/mol. The normalized spacial score (nSPS) is 22.2. The molecule has 2 aliphatic rings. The number of nitrogens with zero attached hydrogens (tertiary/aromatic N) is 3. The van der Waals surface area contributed by atoms with Crippen molar-refractivity contribution in [1.29, 1.82) is 5.26 Å². The van der Waals surface area contributed by atoms with Gasteiger partial charge in [0.1, 0.15) is 23.9 Å². The van der Waals surface area contributed by atoms with Gasteiger partial charge in [0, 0.05) is 24.6 Å². The zero-order valence-electron chi connectivity index (χ0n) is 17.8. The van der Waals surface area contributed by atoms with Crippen LogP contribution in [0.2, 0.25) is 0 Å². The summed E-state index contributed by atoms with van der Waals surface area (Å²) < 4.78 is 23.2. The number of hydrogen-bond acceptors (Lipinski definition) is 6. The maximum atomic E-state index is 15.4. The second-order valence-corrected chi connectivity index (χ2v) is 8.69. The van der Waals surface area contributed by atoms with Crippen molar-refractivity contribution in [3.8, 4) is 11.8 Å². The first-order chi connectivity index (χ1) is 15.5. The molecule has 1 aliphatic carbocycles. The van der Waals surface area contributed by atoms with Crippen LogP contribution in [0.4, 0.5) is 15.8 Å². The SMILES string of the molecule is C[C@H]1COc2c(N[C@H]3CC[C@@H](c4cccnc4)CC3)c(F)c(N)c3c(=O)c(C#N)cn1c23. The van der Waals surface area contributed by atoms with E-state index >= 15 is 4.39 Å². The van der Waals surface area contributed by atoms with Crippen molar-refractivity contribution >= 4 is 22.3 Å². The van der Waals surface area contributed by atoms with Gasteiger partial charge in [0.05, 0.1) is 22.6 Å². The summed E-state index contributed by atoms with van der Waals surface area (Å²) in [6.45, 7) is 2.22. The molecule has 1 fully saturated rings. The van der Waals surface area contributed by atoms with Gasteiger partial charge in [-0.05, 0) is 50.2 Å². The van der Waals surface area contributed by atoms with E-state index in [1.807, 2.05) is 25.3 Å². The summed E-state index contributed by atoms with van der Waals surface area (Å²) in [6.07, 6.45) is 8.88. The van der Waals surface area contributed by atoms with Crippen molar-refractivity contribution in [2.24, 2.45) is 0 Å². The standard InChI is InChI=1S/C24H24FN5O2/c1-13-12-32-24-21(29-17-6-4-14(5-7-17)15-3-2-8-28-10-15)19(25)20(27)18-22(24)30(13)11-16(9-26)23(18)31/h2-3,8,10-11,13-14,17,29H,4-7,12,27H2,1H3/t13-,14-,17+/m0/s1. The minimum Gasteiger partial charge on any atom is -0.487 e. The lowest BCUT2D eigenvalue weighted by Gasteiger charge is -2.33. The number of pyridine rings is 2. The van der Waals surface area contributed by atoms with Crippen LogP contribution in [0.5, 0.6) is 5.75 Å². The van der Waals surface area contributed by atoms with Crippen LogP contribution in [0.15, 0.2) is 35.5 Å². The molecule has 7 nitrogen and oxygen atoms in total. The zero-order chi connectivity index (χ0) is 22.4. The number of nitrogens with two attached hydrogens (primary N) is 1. The maximum absolute atomic E-state index is 15.4. The number of anilines is 2. The van der Waals surface area contributed by atoms with Crippen LogP contribution in [0.3, 0.4) is 0 Å². The second kappa shape index (κ2) is 7.83. The minimum absolute atomic E-state index is 0.00827. The van der Waals surface area contributed by atoms with Gasteiger partial charge in [-0.2, -0.15) is 5.26 Å². The lowest BCUT2D eigenvalue weighted by atomic mass is 9.82. The van der Waals surface area contributed by atoms with E-state index in [1.54, 1.807) is 10.8 Å². The maximum Gasteiger partial charge on any atom is 0.209 e. The molecule has 0 unspecified atom stereocenters. The van der Waals surface area contributed by atoms with Crippen molar-refractivity contribution in [3.63, 3.8) is 0 Å². The third-order valence-corrected chi connectivity index (χ3v) is 6.70. The summed E-state index contributed by atoms with van der Waals surface area (Å²) in [5, 5.41) is 12.7. The van der Waals surface area contributed by atoms with Crippen LogP contribution in [0.25, 0.3) is 10.9 Å². The van der Waals surface area contributed by atoms with E-state index in [0.717, 1.165) is 25.7 Å². The quantitative estimate of drug-likeness (QED) is 0.603. The molecular formula is C24H24FN5O2. The lowest BCUT2D eigenvalue weighted by molar-refractivity contribution is 0.247. The van der Waals surface area contributed by atoms with E-state index in [0.29, 0.717) is 23.8 Å². The highest BCUT2D eigenvalue weighted by molar-refractivity contribution is 6.00. The van der Waals surface area contributed by atoms with Crippen molar-refractivity contribution in [1.82, 2.24) is 9.55 Å². The van der Waals surface area contributed by atoms with E-state index in [4.69, 9.17) is 10.5 Å². The Balaban J connectivity index is 1.52. The van der Waals surface area contributed by atoms with Gasteiger partial charge in [-0.15, -0.1) is 0 Å². The Morgan fingerprint density at radius 2 is 2.12 bits per heavy atom. The van der Waals surface area contributed by atoms with E-state index in [9.17, 15) is 10.1 Å². The van der Waals surface area contributed by atoms with Gasteiger partial charge in [0.2, 0.25) is 5.43 Å². The Kier molecular flexibility index (Phi) is 4.97. The number of hydrogen-bond donors (Lipinski definition) is 2. The van der Waals surface area contributed by atoms with E-state index < -0.39 is 11.2 Å². The summed E-state index contributed by atoms with van der Waals surface area (Å²) in [5.74, 6) is 0.0363. The molecule has 0 spiro atoms. The summed E-state index contributed by atoms with van der Waals surface area (Å²) in [5.41, 5.74) is 7.11. The first kappa shape index (κ1) is 20.3. The predicted octanol–water partition coefficient (Wildman–Crippen LogP) is 4.08. The molecule has 0 amide bonds. The highest BCUT2D eigenvalue weighted by Gasteiger charge is 2.31. The molecule has 0 saturated heterocycles. The Hall–Kier alpha value is -3.60. The van der Waals surface area contributed by atoms with Gasteiger partial charge in [-0.3, -0.25) is 9.78 Å². The average molecular weight is 433 g/mol. The Labute approximate surface area is 184 Å². The number of ether oxygens (including phenoxy) is 1. The molecule has 0 bridgehead atoms. The third-order valence-electron chi connectivity index (χ3n) is 6.70. The smallest absolute Gasteiger partial charge is 0.209 e. The molecule has 3 N–H and O–H groups in total. The van der Waals surface area contributed by atoms with Gasteiger partial charge >= 0.3 is 0 Å². The van der Waals surface area contributed by atoms with Crippen LogP contribution in [0, 0.1) is 17.1 Å². The van der Waals surface area contributed by atoms with Crippen LogP contribution < -0.4 is 21.2 Å². The fourth-order valence-corrected chi connectivity index (χ4v) is 4.95. The summed E-state index contributed by atoms with van der Waals surface area (Å²) in [6, 6.07) is 5.89. The Bertz CT molecular complexity index is 1290. The number of rotatable bonds is 3. The van der Waals surface area contributed by atoms with E-state index in [2.05, 4.69) is 16.4 Å². The predicted molar refractivity (Wildman–Crippen MR) is 120 cm³/mol. The van der Waals surface area contributed by atoms with Crippen LogP contribution in [-0.2, 0) is 0 Å². The number of benzene rings is 1. The third kappa shape index (κ3) is 3.16. The molecule has 5 rings (SSSR count). The van der Waals surface area contributed by atoms with Crippen LogP contribution in [-0.4, -0.2) is 22.2 Å².